The Morgan fingerprint density at radius 3 is 2.59 bits per heavy atom. The molecule has 198 valence electrons. The standard InChI is InChI=1S/C28H22F3N5O2S/c1-17-3-4-18(2)24(13-17)34-27(37)35-39-33-15-19-5-11-23-20(14-19)6-12-25-26(23)32-16-36(25)21-7-9-22(10-8-21)38-28(29,30)31/h3-16H,1-2H3,(H2,34,35,37)/b33-15+. The van der Waals surface area contributed by atoms with Gasteiger partial charge in [-0.15, -0.1) is 13.2 Å². The number of fused-ring (bicyclic) bond motifs is 3. The Labute approximate surface area is 226 Å². The van der Waals surface area contributed by atoms with Crippen LogP contribution in [0.4, 0.5) is 23.7 Å². The van der Waals surface area contributed by atoms with Crippen LogP contribution in [0.5, 0.6) is 5.75 Å². The van der Waals surface area contributed by atoms with Crippen molar-refractivity contribution in [2.45, 2.75) is 20.2 Å². The maximum atomic E-state index is 12.4. The Balaban J connectivity index is 1.27. The zero-order chi connectivity index (χ0) is 27.6. The third kappa shape index (κ3) is 6.15. The fraction of sp³-hybridized carbons (Fsp3) is 0.107. The molecule has 4 aromatic carbocycles. The lowest BCUT2D eigenvalue weighted by atomic mass is 10.1. The monoisotopic (exact) mass is 549 g/mol. The lowest BCUT2D eigenvalue weighted by molar-refractivity contribution is -0.274. The van der Waals surface area contributed by atoms with Gasteiger partial charge in [-0.2, -0.15) is 0 Å². The molecule has 0 aliphatic carbocycles. The summed E-state index contributed by atoms with van der Waals surface area (Å²) >= 11 is 0.919. The molecule has 5 rings (SSSR count). The molecule has 0 aliphatic heterocycles. The van der Waals surface area contributed by atoms with Crippen molar-refractivity contribution < 1.29 is 22.7 Å². The number of hydrogen-bond acceptors (Lipinski definition) is 5. The van der Waals surface area contributed by atoms with Crippen LogP contribution in [-0.2, 0) is 0 Å². The number of aryl methyl sites for hydroxylation is 2. The van der Waals surface area contributed by atoms with E-state index in [2.05, 4.69) is 24.2 Å². The molecule has 0 bridgehead atoms. The number of amides is 2. The molecule has 2 amide bonds. The summed E-state index contributed by atoms with van der Waals surface area (Å²) in [6.07, 6.45) is -1.46. The molecule has 1 heterocycles. The maximum absolute atomic E-state index is 12.4. The van der Waals surface area contributed by atoms with E-state index in [9.17, 15) is 18.0 Å². The van der Waals surface area contributed by atoms with Crippen molar-refractivity contribution in [1.29, 1.82) is 0 Å². The maximum Gasteiger partial charge on any atom is 0.573 e. The zero-order valence-electron chi connectivity index (χ0n) is 20.8. The molecule has 0 aliphatic rings. The number of imidazole rings is 1. The Morgan fingerprint density at radius 2 is 1.82 bits per heavy atom. The fourth-order valence-electron chi connectivity index (χ4n) is 4.10. The zero-order valence-corrected chi connectivity index (χ0v) is 21.6. The van der Waals surface area contributed by atoms with Crippen LogP contribution in [-0.4, -0.2) is 28.2 Å². The second kappa shape index (κ2) is 10.7. The van der Waals surface area contributed by atoms with Gasteiger partial charge in [0.15, 0.2) is 0 Å². The second-order valence-corrected chi connectivity index (χ2v) is 9.37. The molecular formula is C28H22F3N5O2S. The lowest BCUT2D eigenvalue weighted by Gasteiger charge is -2.10. The van der Waals surface area contributed by atoms with Gasteiger partial charge in [-0.1, -0.05) is 30.3 Å². The highest BCUT2D eigenvalue weighted by atomic mass is 32.2. The van der Waals surface area contributed by atoms with Gasteiger partial charge in [-0.25, -0.2) is 14.2 Å². The number of rotatable bonds is 6. The van der Waals surface area contributed by atoms with E-state index >= 15 is 0 Å². The van der Waals surface area contributed by atoms with Gasteiger partial charge in [0.1, 0.15) is 12.1 Å². The molecule has 0 atom stereocenters. The molecule has 2 N–H and O–H groups in total. The topological polar surface area (TPSA) is 80.5 Å². The van der Waals surface area contributed by atoms with E-state index in [0.29, 0.717) is 5.69 Å². The van der Waals surface area contributed by atoms with E-state index in [-0.39, 0.29) is 11.8 Å². The normalized spacial score (nSPS) is 11.8. The number of urea groups is 1. The number of nitrogens with one attached hydrogen (secondary N) is 2. The fourth-order valence-corrected chi connectivity index (χ4v) is 4.46. The summed E-state index contributed by atoms with van der Waals surface area (Å²) in [5.41, 5.74) is 5.82. The summed E-state index contributed by atoms with van der Waals surface area (Å²) in [5.74, 6) is -0.286. The number of halogens is 3. The molecule has 1 aromatic heterocycles. The summed E-state index contributed by atoms with van der Waals surface area (Å²) in [5, 5.41) is 4.67. The van der Waals surface area contributed by atoms with Crippen LogP contribution in [0.25, 0.3) is 27.5 Å². The van der Waals surface area contributed by atoms with Crippen LogP contribution >= 0.6 is 12.1 Å². The smallest absolute Gasteiger partial charge is 0.406 e. The number of benzene rings is 4. The van der Waals surface area contributed by atoms with Gasteiger partial charge in [0, 0.05) is 23.0 Å². The Morgan fingerprint density at radius 1 is 1.03 bits per heavy atom. The minimum Gasteiger partial charge on any atom is -0.406 e. The van der Waals surface area contributed by atoms with Gasteiger partial charge in [-0.3, -0.25) is 9.29 Å². The lowest BCUT2D eigenvalue weighted by Crippen LogP contribution is -2.22. The van der Waals surface area contributed by atoms with Crippen LogP contribution in [0.1, 0.15) is 16.7 Å². The van der Waals surface area contributed by atoms with E-state index < -0.39 is 6.36 Å². The number of ether oxygens (including phenoxy) is 1. The highest BCUT2D eigenvalue weighted by molar-refractivity contribution is 7.96. The predicted octanol–water partition coefficient (Wildman–Crippen LogP) is 7.50. The summed E-state index contributed by atoms with van der Waals surface area (Å²) in [4.78, 5) is 16.7. The number of carbonyl (C=O) groups excluding carboxylic acids is 1. The van der Waals surface area contributed by atoms with Crippen molar-refractivity contribution in [2.75, 3.05) is 5.32 Å². The quantitative estimate of drug-likeness (QED) is 0.170. The van der Waals surface area contributed by atoms with E-state index in [1.54, 1.807) is 29.2 Å². The molecule has 0 saturated heterocycles. The minimum atomic E-state index is -4.74. The van der Waals surface area contributed by atoms with E-state index in [1.165, 1.54) is 12.1 Å². The van der Waals surface area contributed by atoms with E-state index in [0.717, 1.165) is 56.3 Å². The van der Waals surface area contributed by atoms with Crippen LogP contribution in [0, 0.1) is 13.8 Å². The van der Waals surface area contributed by atoms with Crippen LogP contribution in [0.2, 0.25) is 0 Å². The molecule has 0 saturated carbocycles. The molecule has 0 radical (unpaired) electrons. The Hall–Kier alpha value is -4.51. The minimum absolute atomic E-state index is 0.286. The van der Waals surface area contributed by atoms with Crippen molar-refractivity contribution in [3.63, 3.8) is 0 Å². The largest absolute Gasteiger partial charge is 0.573 e. The van der Waals surface area contributed by atoms with Gasteiger partial charge in [0.2, 0.25) is 0 Å². The summed E-state index contributed by atoms with van der Waals surface area (Å²) in [6, 6.07) is 20.7. The van der Waals surface area contributed by atoms with Crippen LogP contribution < -0.4 is 14.8 Å². The van der Waals surface area contributed by atoms with Crippen molar-refractivity contribution in [2.24, 2.45) is 4.40 Å². The van der Waals surface area contributed by atoms with E-state index in [1.807, 2.05) is 62.4 Å². The predicted molar refractivity (Wildman–Crippen MR) is 149 cm³/mol. The summed E-state index contributed by atoms with van der Waals surface area (Å²) in [6.45, 7) is 3.88. The average Bonchev–Trinajstić information content (AvgIpc) is 3.33. The molecule has 11 heteroatoms. The van der Waals surface area contributed by atoms with Crippen molar-refractivity contribution in [1.82, 2.24) is 14.3 Å². The van der Waals surface area contributed by atoms with Crippen LogP contribution in [0.3, 0.4) is 0 Å². The number of nitrogens with zero attached hydrogens (tertiary/aromatic N) is 3. The summed E-state index contributed by atoms with van der Waals surface area (Å²) in [7, 11) is 0. The second-order valence-electron chi connectivity index (χ2n) is 8.77. The molecule has 0 unspecified atom stereocenters. The molecule has 7 nitrogen and oxygen atoms in total. The molecular weight excluding hydrogens is 527 g/mol. The van der Waals surface area contributed by atoms with Crippen molar-refractivity contribution in [3.8, 4) is 11.4 Å². The number of alkyl halides is 3. The first-order valence-electron chi connectivity index (χ1n) is 11.8. The van der Waals surface area contributed by atoms with Crippen molar-refractivity contribution >= 4 is 51.9 Å². The first-order valence-corrected chi connectivity index (χ1v) is 12.5. The Kier molecular flexibility index (Phi) is 7.16. The van der Waals surface area contributed by atoms with E-state index in [4.69, 9.17) is 0 Å². The number of hydrogen-bond donors (Lipinski definition) is 2. The van der Waals surface area contributed by atoms with Gasteiger partial charge in [0.25, 0.3) is 0 Å². The molecule has 0 fully saturated rings. The average molecular weight is 550 g/mol. The SMILES string of the molecule is Cc1ccc(C)c(NC(=O)NS/N=C/c2ccc3c(ccc4c3ncn4-c3ccc(OC(F)(F)F)cc3)c2)c1. The molecule has 39 heavy (non-hydrogen) atoms. The highest BCUT2D eigenvalue weighted by Gasteiger charge is 2.31. The third-order valence-corrected chi connectivity index (χ3v) is 6.43. The highest BCUT2D eigenvalue weighted by Crippen LogP contribution is 2.29. The first-order chi connectivity index (χ1) is 18.7. The first kappa shape index (κ1) is 26.1. The van der Waals surface area contributed by atoms with Gasteiger partial charge in [0.05, 0.1) is 23.2 Å². The molecule has 5 aromatic rings. The van der Waals surface area contributed by atoms with Gasteiger partial charge in [-0.05, 0) is 78.4 Å². The number of carbonyl (C=O) groups is 1. The van der Waals surface area contributed by atoms with Gasteiger partial charge >= 0.3 is 12.4 Å². The third-order valence-electron chi connectivity index (χ3n) is 5.94. The van der Waals surface area contributed by atoms with Crippen molar-refractivity contribution in [3.05, 3.63) is 95.8 Å². The number of anilines is 1. The molecule has 0 spiro atoms. The number of aromatic nitrogens is 2. The van der Waals surface area contributed by atoms with Gasteiger partial charge < -0.3 is 10.1 Å². The van der Waals surface area contributed by atoms with Crippen LogP contribution in [0.15, 0.2) is 83.5 Å². The Bertz CT molecular complexity index is 1700. The summed E-state index contributed by atoms with van der Waals surface area (Å²) < 4.78 is 50.0.